The molecule has 5 heteroatoms. The highest BCUT2D eigenvalue weighted by atomic mass is 16.5. The summed E-state index contributed by atoms with van der Waals surface area (Å²) in [5.41, 5.74) is 1.05. The molecular weight excluding hydrogens is 304 g/mol. The minimum absolute atomic E-state index is 0.0752. The molecule has 2 amide bonds. The number of urea groups is 1. The van der Waals surface area contributed by atoms with E-state index in [4.69, 9.17) is 9.15 Å². The number of hydrogen-bond donors (Lipinski definition) is 1. The van der Waals surface area contributed by atoms with E-state index in [1.165, 1.54) is 0 Å². The zero-order chi connectivity index (χ0) is 17.2. The molecule has 0 unspecified atom stereocenters. The number of carbonyl (C=O) groups excluding carboxylic acids is 1. The molecule has 1 heterocycles. The topological polar surface area (TPSA) is 54.7 Å². The number of nitrogens with zero attached hydrogens (tertiary/aromatic N) is 1. The van der Waals surface area contributed by atoms with E-state index in [0.717, 1.165) is 29.9 Å². The van der Waals surface area contributed by atoms with Crippen molar-refractivity contribution in [3.63, 3.8) is 0 Å². The van der Waals surface area contributed by atoms with Gasteiger partial charge in [-0.1, -0.05) is 25.5 Å². The number of carbonyl (C=O) groups is 1. The summed E-state index contributed by atoms with van der Waals surface area (Å²) in [5.74, 6) is 1.61. The summed E-state index contributed by atoms with van der Waals surface area (Å²) in [5, 5.41) is 2.97. The van der Waals surface area contributed by atoms with Crippen molar-refractivity contribution in [2.75, 3.05) is 13.2 Å². The molecule has 0 aliphatic carbocycles. The van der Waals surface area contributed by atoms with Gasteiger partial charge in [-0.3, -0.25) is 0 Å². The molecule has 2 rings (SSSR count). The highest BCUT2D eigenvalue weighted by Gasteiger charge is 2.15. The second-order valence-electron chi connectivity index (χ2n) is 5.60. The number of benzene rings is 1. The Bertz CT molecular complexity index is 594. The van der Waals surface area contributed by atoms with Crippen LogP contribution in [0.1, 0.15) is 38.0 Å². The molecule has 1 aromatic heterocycles. The number of hydrogen-bond acceptors (Lipinski definition) is 3. The van der Waals surface area contributed by atoms with Crippen LogP contribution in [0.3, 0.4) is 0 Å². The Morgan fingerprint density at radius 3 is 2.58 bits per heavy atom. The smallest absolute Gasteiger partial charge is 0.318 e. The van der Waals surface area contributed by atoms with E-state index in [9.17, 15) is 4.79 Å². The first-order chi connectivity index (χ1) is 11.7. The fourth-order valence-electron chi connectivity index (χ4n) is 2.35. The summed E-state index contributed by atoms with van der Waals surface area (Å²) in [7, 11) is 0. The van der Waals surface area contributed by atoms with Crippen LogP contribution in [-0.4, -0.2) is 24.1 Å². The standard InChI is InChI=1S/C19H26N2O3/c1-3-5-12-20-19(22)21(15-18-7-6-13-24-18)14-16-8-10-17(11-9-16)23-4-2/h6-11,13H,3-5,12,14-15H2,1-2H3,(H,20,22). The average molecular weight is 330 g/mol. The van der Waals surface area contributed by atoms with Crippen LogP contribution in [0.2, 0.25) is 0 Å². The van der Waals surface area contributed by atoms with E-state index in [1.54, 1.807) is 11.2 Å². The van der Waals surface area contributed by atoms with Crippen molar-refractivity contribution < 1.29 is 13.9 Å². The lowest BCUT2D eigenvalue weighted by atomic mass is 10.2. The van der Waals surface area contributed by atoms with Gasteiger partial charge < -0.3 is 19.4 Å². The fourth-order valence-corrected chi connectivity index (χ4v) is 2.35. The summed E-state index contributed by atoms with van der Waals surface area (Å²) in [6, 6.07) is 11.5. The molecule has 0 fully saturated rings. The van der Waals surface area contributed by atoms with E-state index in [1.807, 2.05) is 43.3 Å². The molecular formula is C19H26N2O3. The molecule has 0 aliphatic rings. The van der Waals surface area contributed by atoms with E-state index in [0.29, 0.717) is 26.2 Å². The Hall–Kier alpha value is -2.43. The van der Waals surface area contributed by atoms with Gasteiger partial charge in [0.1, 0.15) is 11.5 Å². The van der Waals surface area contributed by atoms with Crippen LogP contribution >= 0.6 is 0 Å². The summed E-state index contributed by atoms with van der Waals surface area (Å²) < 4.78 is 10.8. The molecule has 0 atom stereocenters. The molecule has 1 N–H and O–H groups in total. The molecule has 1 aromatic carbocycles. The highest BCUT2D eigenvalue weighted by molar-refractivity contribution is 5.74. The number of amides is 2. The Kier molecular flexibility index (Phi) is 7.21. The van der Waals surface area contributed by atoms with Crippen LogP contribution in [0.4, 0.5) is 4.79 Å². The molecule has 0 bridgehead atoms. The number of rotatable bonds is 9. The number of ether oxygens (including phenoxy) is 1. The molecule has 5 nitrogen and oxygen atoms in total. The Balaban J connectivity index is 2.02. The number of furan rings is 1. The van der Waals surface area contributed by atoms with Crippen LogP contribution < -0.4 is 10.1 Å². The number of unbranched alkanes of at least 4 members (excludes halogenated alkanes) is 1. The van der Waals surface area contributed by atoms with Crippen LogP contribution in [0.5, 0.6) is 5.75 Å². The lowest BCUT2D eigenvalue weighted by Gasteiger charge is -2.22. The van der Waals surface area contributed by atoms with Gasteiger partial charge in [-0.25, -0.2) is 4.79 Å². The molecule has 0 aliphatic heterocycles. The highest BCUT2D eigenvalue weighted by Crippen LogP contribution is 2.15. The third-order valence-electron chi connectivity index (χ3n) is 3.63. The quantitative estimate of drug-likeness (QED) is 0.701. The molecule has 0 saturated heterocycles. The van der Waals surface area contributed by atoms with Crippen LogP contribution in [0.15, 0.2) is 47.1 Å². The van der Waals surface area contributed by atoms with Crippen LogP contribution in [-0.2, 0) is 13.1 Å². The van der Waals surface area contributed by atoms with E-state index in [-0.39, 0.29) is 6.03 Å². The van der Waals surface area contributed by atoms with E-state index >= 15 is 0 Å². The van der Waals surface area contributed by atoms with Gasteiger partial charge in [0.2, 0.25) is 0 Å². The molecule has 2 aromatic rings. The first-order valence-electron chi connectivity index (χ1n) is 8.49. The number of nitrogens with one attached hydrogen (secondary N) is 1. The van der Waals surface area contributed by atoms with E-state index in [2.05, 4.69) is 12.2 Å². The largest absolute Gasteiger partial charge is 0.494 e. The average Bonchev–Trinajstić information content (AvgIpc) is 3.09. The lowest BCUT2D eigenvalue weighted by Crippen LogP contribution is -2.39. The lowest BCUT2D eigenvalue weighted by molar-refractivity contribution is 0.187. The summed E-state index contributed by atoms with van der Waals surface area (Å²) in [6.45, 7) is 6.35. The summed E-state index contributed by atoms with van der Waals surface area (Å²) in [4.78, 5) is 14.2. The van der Waals surface area contributed by atoms with Crippen molar-refractivity contribution in [1.82, 2.24) is 10.2 Å². The van der Waals surface area contributed by atoms with Gasteiger partial charge in [0.15, 0.2) is 0 Å². The van der Waals surface area contributed by atoms with Crippen molar-refractivity contribution >= 4 is 6.03 Å². The predicted octanol–water partition coefficient (Wildman–Crippen LogP) is 4.19. The second-order valence-corrected chi connectivity index (χ2v) is 5.60. The Labute approximate surface area is 143 Å². The Morgan fingerprint density at radius 1 is 1.17 bits per heavy atom. The van der Waals surface area contributed by atoms with E-state index < -0.39 is 0 Å². The van der Waals surface area contributed by atoms with Crippen LogP contribution in [0.25, 0.3) is 0 Å². The monoisotopic (exact) mass is 330 g/mol. The molecule has 0 radical (unpaired) electrons. The van der Waals surface area contributed by atoms with Crippen molar-refractivity contribution in [3.8, 4) is 5.75 Å². The maximum Gasteiger partial charge on any atom is 0.318 e. The van der Waals surface area contributed by atoms with Gasteiger partial charge >= 0.3 is 6.03 Å². The summed E-state index contributed by atoms with van der Waals surface area (Å²) in [6.07, 6.45) is 3.65. The Morgan fingerprint density at radius 2 is 1.96 bits per heavy atom. The zero-order valence-corrected chi connectivity index (χ0v) is 14.5. The second kappa shape index (κ2) is 9.65. The molecule has 130 valence electrons. The van der Waals surface area contributed by atoms with Gasteiger partial charge in [0.25, 0.3) is 0 Å². The van der Waals surface area contributed by atoms with Gasteiger partial charge in [-0.2, -0.15) is 0 Å². The normalized spacial score (nSPS) is 10.4. The first kappa shape index (κ1) is 17.9. The SMILES string of the molecule is CCCCNC(=O)N(Cc1ccc(OCC)cc1)Cc1ccco1. The fraction of sp³-hybridized carbons (Fsp3) is 0.421. The van der Waals surface area contributed by atoms with Gasteiger partial charge in [-0.05, 0) is 43.2 Å². The van der Waals surface area contributed by atoms with Crippen molar-refractivity contribution in [3.05, 3.63) is 54.0 Å². The zero-order valence-electron chi connectivity index (χ0n) is 14.5. The van der Waals surface area contributed by atoms with Crippen molar-refractivity contribution in [2.24, 2.45) is 0 Å². The molecule has 24 heavy (non-hydrogen) atoms. The van der Waals surface area contributed by atoms with Crippen molar-refractivity contribution in [2.45, 2.75) is 39.8 Å². The van der Waals surface area contributed by atoms with Gasteiger partial charge in [0, 0.05) is 13.1 Å². The van der Waals surface area contributed by atoms with Crippen LogP contribution in [0, 0.1) is 0 Å². The first-order valence-corrected chi connectivity index (χ1v) is 8.49. The van der Waals surface area contributed by atoms with Crippen molar-refractivity contribution in [1.29, 1.82) is 0 Å². The maximum absolute atomic E-state index is 12.5. The maximum atomic E-state index is 12.5. The third kappa shape index (κ3) is 5.65. The summed E-state index contributed by atoms with van der Waals surface area (Å²) >= 11 is 0. The predicted molar refractivity (Wildman–Crippen MR) is 93.9 cm³/mol. The third-order valence-corrected chi connectivity index (χ3v) is 3.63. The van der Waals surface area contributed by atoms with Gasteiger partial charge in [0.05, 0.1) is 19.4 Å². The minimum Gasteiger partial charge on any atom is -0.494 e. The minimum atomic E-state index is -0.0752. The molecule has 0 saturated carbocycles. The molecule has 0 spiro atoms. The van der Waals surface area contributed by atoms with Gasteiger partial charge in [-0.15, -0.1) is 0 Å².